The number of hydrogen-bond donors (Lipinski definition) is 1. The van der Waals surface area contributed by atoms with Crippen LogP contribution in [0.2, 0.25) is 0 Å². The molecular formula is C11H17ClN2O2S. The number of hydrogen-bond acceptors (Lipinski definition) is 4. The number of halogens is 1. The molecule has 6 heteroatoms. The van der Waals surface area contributed by atoms with Crippen molar-refractivity contribution in [3.8, 4) is 0 Å². The van der Waals surface area contributed by atoms with Crippen LogP contribution in [-0.4, -0.2) is 40.1 Å². The predicted octanol–water partition coefficient (Wildman–Crippen LogP) is 1.65. The smallest absolute Gasteiger partial charge is 0.229 e. The maximum absolute atomic E-state index is 12.0. The van der Waals surface area contributed by atoms with E-state index < -0.39 is 5.54 Å². The third-order valence-corrected chi connectivity index (χ3v) is 3.88. The van der Waals surface area contributed by atoms with Crippen LogP contribution in [0, 0.1) is 0 Å². The summed E-state index contributed by atoms with van der Waals surface area (Å²) in [5, 5.41) is 11.8. The zero-order chi connectivity index (χ0) is 13.1. The van der Waals surface area contributed by atoms with Crippen LogP contribution in [0.15, 0.2) is 5.38 Å². The molecule has 0 aliphatic heterocycles. The fraction of sp³-hybridized carbons (Fsp3) is 0.636. The van der Waals surface area contributed by atoms with Crippen LogP contribution in [0.4, 0.5) is 0 Å². The summed E-state index contributed by atoms with van der Waals surface area (Å²) in [5.41, 5.74) is 0.243. The van der Waals surface area contributed by atoms with Crippen LogP contribution in [0.25, 0.3) is 0 Å². The van der Waals surface area contributed by atoms with Gasteiger partial charge in [0.1, 0.15) is 5.01 Å². The largest absolute Gasteiger partial charge is 0.394 e. The number of amides is 1. The zero-order valence-electron chi connectivity index (χ0n) is 10.2. The lowest BCUT2D eigenvalue weighted by molar-refractivity contribution is -0.135. The van der Waals surface area contributed by atoms with Crippen molar-refractivity contribution in [3.63, 3.8) is 0 Å². The third-order valence-electron chi connectivity index (χ3n) is 2.71. The van der Waals surface area contributed by atoms with Crippen molar-refractivity contribution >= 4 is 28.8 Å². The third kappa shape index (κ3) is 3.66. The van der Waals surface area contributed by atoms with E-state index in [1.807, 2.05) is 19.2 Å². The monoisotopic (exact) mass is 276 g/mol. The number of likely N-dealkylation sites (N-methyl/N-ethyl adjacent to an activating group) is 1. The van der Waals surface area contributed by atoms with Crippen molar-refractivity contribution in [2.24, 2.45) is 0 Å². The first-order valence-corrected chi connectivity index (χ1v) is 6.69. The number of aliphatic hydroxyl groups is 1. The van der Waals surface area contributed by atoms with Gasteiger partial charge in [0.2, 0.25) is 5.91 Å². The molecule has 0 aliphatic rings. The highest BCUT2D eigenvalue weighted by Crippen LogP contribution is 2.16. The van der Waals surface area contributed by atoms with Crippen molar-refractivity contribution in [1.82, 2.24) is 9.88 Å². The molecule has 1 rings (SSSR count). The van der Waals surface area contributed by atoms with Gasteiger partial charge >= 0.3 is 0 Å². The summed E-state index contributed by atoms with van der Waals surface area (Å²) in [6, 6.07) is 0. The van der Waals surface area contributed by atoms with Gasteiger partial charge in [-0.1, -0.05) is 0 Å². The van der Waals surface area contributed by atoms with Crippen LogP contribution in [0.3, 0.4) is 0 Å². The van der Waals surface area contributed by atoms with Crippen LogP contribution in [0.1, 0.15) is 24.5 Å². The normalized spacial score (nSPS) is 11.6. The molecule has 0 fully saturated rings. The maximum Gasteiger partial charge on any atom is 0.229 e. The highest BCUT2D eigenvalue weighted by molar-refractivity contribution is 7.09. The Hall–Kier alpha value is -0.650. The molecule has 1 N–H and O–H groups in total. The summed E-state index contributed by atoms with van der Waals surface area (Å²) >= 11 is 7.08. The molecule has 0 radical (unpaired) electrons. The molecule has 0 atom stereocenters. The van der Waals surface area contributed by atoms with E-state index in [9.17, 15) is 9.90 Å². The molecule has 0 bridgehead atoms. The summed E-state index contributed by atoms with van der Waals surface area (Å²) in [5.74, 6) is 0.308. The Labute approximate surface area is 110 Å². The number of rotatable bonds is 5. The average molecular weight is 277 g/mol. The molecule has 0 unspecified atom stereocenters. The van der Waals surface area contributed by atoms with Gasteiger partial charge in [-0.05, 0) is 13.8 Å². The molecule has 4 nitrogen and oxygen atoms in total. The number of aromatic nitrogens is 1. The van der Waals surface area contributed by atoms with Crippen LogP contribution >= 0.6 is 22.9 Å². The fourth-order valence-electron chi connectivity index (χ4n) is 1.18. The summed E-state index contributed by atoms with van der Waals surface area (Å²) in [6.45, 7) is 3.56. The average Bonchev–Trinajstić information content (AvgIpc) is 2.75. The summed E-state index contributed by atoms with van der Waals surface area (Å²) in [7, 11) is 1.69. The molecular weight excluding hydrogens is 260 g/mol. The molecule has 1 aromatic rings. The van der Waals surface area contributed by atoms with E-state index in [0.717, 1.165) is 10.7 Å². The van der Waals surface area contributed by atoms with Crippen LogP contribution in [-0.2, 0) is 17.1 Å². The maximum atomic E-state index is 12.0. The summed E-state index contributed by atoms with van der Waals surface area (Å²) in [6.07, 6.45) is 0.251. The lowest BCUT2D eigenvalue weighted by atomic mass is 10.0. The van der Waals surface area contributed by atoms with Crippen molar-refractivity contribution in [2.45, 2.75) is 31.7 Å². The van der Waals surface area contributed by atoms with Gasteiger partial charge in [-0.2, -0.15) is 0 Å². The van der Waals surface area contributed by atoms with E-state index in [2.05, 4.69) is 4.98 Å². The van der Waals surface area contributed by atoms with Crippen molar-refractivity contribution < 1.29 is 9.90 Å². The highest BCUT2D eigenvalue weighted by Gasteiger charge is 2.27. The molecule has 0 spiro atoms. The minimum atomic E-state index is -0.552. The molecule has 0 aromatic carbocycles. The summed E-state index contributed by atoms with van der Waals surface area (Å²) < 4.78 is 0. The molecule has 0 aliphatic carbocycles. The van der Waals surface area contributed by atoms with E-state index in [0.29, 0.717) is 5.88 Å². The van der Waals surface area contributed by atoms with Gasteiger partial charge < -0.3 is 10.0 Å². The molecule has 96 valence electrons. The first-order chi connectivity index (χ1) is 7.90. The minimum absolute atomic E-state index is 0.0560. The van der Waals surface area contributed by atoms with Crippen LogP contribution in [0.5, 0.6) is 0 Å². The Kier molecular flexibility index (Phi) is 4.91. The number of carbonyl (C=O) groups excluding carboxylic acids is 1. The number of carbonyl (C=O) groups is 1. The summed E-state index contributed by atoms with van der Waals surface area (Å²) in [4.78, 5) is 17.8. The van der Waals surface area contributed by atoms with Gasteiger partial charge in [-0.25, -0.2) is 4.98 Å². The molecule has 1 heterocycles. The van der Waals surface area contributed by atoms with E-state index in [4.69, 9.17) is 11.6 Å². The Morgan fingerprint density at radius 3 is 2.76 bits per heavy atom. The number of alkyl halides is 1. The first kappa shape index (κ1) is 14.4. The van der Waals surface area contributed by atoms with Gasteiger partial charge in [0.05, 0.1) is 30.1 Å². The molecule has 0 saturated carbocycles. The molecule has 17 heavy (non-hydrogen) atoms. The van der Waals surface area contributed by atoms with Gasteiger partial charge in [-0.15, -0.1) is 22.9 Å². The second-order valence-corrected chi connectivity index (χ2v) is 5.68. The van der Waals surface area contributed by atoms with Crippen molar-refractivity contribution in [1.29, 1.82) is 0 Å². The Balaban J connectivity index is 2.66. The number of aliphatic hydroxyl groups excluding tert-OH is 1. The Bertz CT molecular complexity index is 393. The van der Waals surface area contributed by atoms with E-state index in [-0.39, 0.29) is 18.9 Å². The second kappa shape index (κ2) is 5.80. The molecule has 1 aromatic heterocycles. The quantitative estimate of drug-likeness (QED) is 0.832. The van der Waals surface area contributed by atoms with Crippen molar-refractivity contribution in [3.05, 3.63) is 16.1 Å². The number of nitrogens with zero attached hydrogens (tertiary/aromatic N) is 2. The number of thiazole rings is 1. The van der Waals surface area contributed by atoms with Crippen molar-refractivity contribution in [2.75, 3.05) is 13.7 Å². The lowest BCUT2D eigenvalue weighted by Gasteiger charge is -2.33. The lowest BCUT2D eigenvalue weighted by Crippen LogP contribution is -2.48. The van der Waals surface area contributed by atoms with Gasteiger partial charge in [0.15, 0.2) is 0 Å². The van der Waals surface area contributed by atoms with E-state index in [1.54, 1.807) is 11.9 Å². The van der Waals surface area contributed by atoms with Gasteiger partial charge in [-0.3, -0.25) is 4.79 Å². The second-order valence-electron chi connectivity index (χ2n) is 4.47. The fourth-order valence-corrected chi connectivity index (χ4v) is 2.20. The minimum Gasteiger partial charge on any atom is -0.394 e. The SMILES string of the molecule is CN(C(=O)Cc1nc(CCl)cs1)C(C)(C)CO. The van der Waals surface area contributed by atoms with Crippen LogP contribution < -0.4 is 0 Å². The van der Waals surface area contributed by atoms with Gasteiger partial charge in [0.25, 0.3) is 0 Å². The van der Waals surface area contributed by atoms with E-state index in [1.165, 1.54) is 11.3 Å². The van der Waals surface area contributed by atoms with Gasteiger partial charge in [0, 0.05) is 12.4 Å². The first-order valence-electron chi connectivity index (χ1n) is 5.27. The topological polar surface area (TPSA) is 53.4 Å². The van der Waals surface area contributed by atoms with E-state index >= 15 is 0 Å². The zero-order valence-corrected chi connectivity index (χ0v) is 11.8. The Morgan fingerprint density at radius 2 is 2.29 bits per heavy atom. The molecule has 1 amide bonds. The Morgan fingerprint density at radius 1 is 1.65 bits per heavy atom. The molecule has 0 saturated heterocycles. The standard InChI is InChI=1S/C11H17ClN2O2S/c1-11(2,7-15)14(3)10(16)4-9-13-8(5-12)6-17-9/h6,15H,4-5,7H2,1-3H3. The highest BCUT2D eigenvalue weighted by atomic mass is 35.5. The predicted molar refractivity (Wildman–Crippen MR) is 69.3 cm³/mol.